The lowest BCUT2D eigenvalue weighted by molar-refractivity contribution is -0.134. The largest absolute Gasteiger partial charge is 0.478 e. The first-order valence-electron chi connectivity index (χ1n) is 8.79. The summed E-state index contributed by atoms with van der Waals surface area (Å²) in [5.41, 5.74) is 3.01. The highest BCUT2D eigenvalue weighted by Crippen LogP contribution is 2.54. The number of hydrogen-bond donors (Lipinski definition) is 1. The fraction of sp³-hybridized carbons (Fsp3) is 0.750. The summed E-state index contributed by atoms with van der Waals surface area (Å²) in [6.45, 7) is 15.1. The fourth-order valence-corrected chi connectivity index (χ4v) is 4.97. The number of carbonyl (C=O) groups is 1. The topological polar surface area (TPSA) is 37.3 Å². The van der Waals surface area contributed by atoms with Crippen molar-refractivity contribution >= 4 is 5.97 Å². The van der Waals surface area contributed by atoms with Gasteiger partial charge in [0.15, 0.2) is 0 Å². The highest BCUT2D eigenvalue weighted by Gasteiger charge is 2.46. The van der Waals surface area contributed by atoms with Gasteiger partial charge in [-0.1, -0.05) is 45.4 Å². The second kappa shape index (κ2) is 6.22. The predicted molar refractivity (Wildman–Crippen MR) is 91.6 cm³/mol. The van der Waals surface area contributed by atoms with Gasteiger partial charge < -0.3 is 5.11 Å². The van der Waals surface area contributed by atoms with Gasteiger partial charge in [-0.3, -0.25) is 0 Å². The van der Waals surface area contributed by atoms with Crippen molar-refractivity contribution in [2.75, 3.05) is 0 Å². The van der Waals surface area contributed by atoms with Crippen LogP contribution in [0.5, 0.6) is 0 Å². The van der Waals surface area contributed by atoms with E-state index in [4.69, 9.17) is 0 Å². The summed E-state index contributed by atoms with van der Waals surface area (Å²) < 4.78 is 0. The van der Waals surface area contributed by atoms with Crippen LogP contribution in [0.3, 0.4) is 0 Å². The quantitative estimate of drug-likeness (QED) is 0.685. The van der Waals surface area contributed by atoms with Crippen LogP contribution in [0.4, 0.5) is 0 Å². The summed E-state index contributed by atoms with van der Waals surface area (Å²) in [6.07, 6.45) is 5.42. The van der Waals surface area contributed by atoms with E-state index >= 15 is 0 Å². The number of aliphatic carboxylic acids is 1. The molecule has 0 unspecified atom stereocenters. The van der Waals surface area contributed by atoms with Crippen LogP contribution in [-0.4, -0.2) is 11.1 Å². The van der Waals surface area contributed by atoms with E-state index in [1.165, 1.54) is 24.0 Å². The van der Waals surface area contributed by atoms with Crippen molar-refractivity contribution in [3.8, 4) is 0 Å². The van der Waals surface area contributed by atoms with Gasteiger partial charge in [0.1, 0.15) is 0 Å². The molecule has 2 aliphatic carbocycles. The van der Waals surface area contributed by atoms with Crippen molar-refractivity contribution in [1.82, 2.24) is 0 Å². The zero-order valence-electron chi connectivity index (χ0n) is 14.9. The second-order valence-electron chi connectivity index (χ2n) is 8.30. The summed E-state index contributed by atoms with van der Waals surface area (Å²) >= 11 is 0. The highest BCUT2D eigenvalue weighted by molar-refractivity contribution is 5.90. The molecule has 1 fully saturated rings. The molecule has 2 rings (SSSR count). The average Bonchev–Trinajstić information content (AvgIpc) is 2.92. The molecule has 124 valence electrons. The van der Waals surface area contributed by atoms with Gasteiger partial charge in [-0.05, 0) is 62.7 Å². The third-order valence-electron chi connectivity index (χ3n) is 6.28. The van der Waals surface area contributed by atoms with E-state index in [9.17, 15) is 9.90 Å². The van der Waals surface area contributed by atoms with E-state index in [-0.39, 0.29) is 5.41 Å². The van der Waals surface area contributed by atoms with E-state index in [0.29, 0.717) is 23.7 Å². The Morgan fingerprint density at radius 1 is 1.41 bits per heavy atom. The fourth-order valence-electron chi connectivity index (χ4n) is 4.97. The Morgan fingerprint density at radius 2 is 2.05 bits per heavy atom. The van der Waals surface area contributed by atoms with Crippen LogP contribution in [0.15, 0.2) is 23.3 Å². The molecule has 0 saturated heterocycles. The van der Waals surface area contributed by atoms with Gasteiger partial charge in [0, 0.05) is 11.0 Å². The van der Waals surface area contributed by atoms with Crippen LogP contribution in [0.25, 0.3) is 0 Å². The lowest BCUT2D eigenvalue weighted by Crippen LogP contribution is -2.28. The molecule has 1 saturated carbocycles. The summed E-state index contributed by atoms with van der Waals surface area (Å²) in [6, 6.07) is 0. The Hall–Kier alpha value is -1.05. The molecule has 0 amide bonds. The molecule has 0 radical (unpaired) electrons. The van der Waals surface area contributed by atoms with Crippen molar-refractivity contribution in [1.29, 1.82) is 0 Å². The summed E-state index contributed by atoms with van der Waals surface area (Å²) in [4.78, 5) is 11.9. The molecule has 2 heteroatoms. The van der Waals surface area contributed by atoms with Gasteiger partial charge in [0.2, 0.25) is 0 Å². The standard InChI is InChI=1S/C20H32O2/c1-12(2)15-8-7-14(5)17(15)11-20(6)10-9-16(13(3)4)18(20)19(21)22/h13-15,17H,1,7-11H2,2-6H3,(H,21,22)/t14-,15+,17-,20+/m1/s1. The first kappa shape index (κ1) is 17.3. The van der Waals surface area contributed by atoms with E-state index in [1.807, 2.05) is 0 Å². The second-order valence-corrected chi connectivity index (χ2v) is 8.30. The monoisotopic (exact) mass is 304 g/mol. The maximum absolute atomic E-state index is 11.9. The molecule has 0 bridgehead atoms. The first-order chi connectivity index (χ1) is 10.2. The normalized spacial score (nSPS) is 35.5. The smallest absolute Gasteiger partial charge is 0.332 e. The van der Waals surface area contributed by atoms with E-state index in [2.05, 4.69) is 41.2 Å². The summed E-state index contributed by atoms with van der Waals surface area (Å²) in [5.74, 6) is 1.48. The molecular formula is C20H32O2. The minimum atomic E-state index is -0.693. The van der Waals surface area contributed by atoms with Gasteiger partial charge in [-0.2, -0.15) is 0 Å². The van der Waals surface area contributed by atoms with Crippen LogP contribution < -0.4 is 0 Å². The van der Waals surface area contributed by atoms with Gasteiger partial charge >= 0.3 is 5.97 Å². The van der Waals surface area contributed by atoms with Gasteiger partial charge in [-0.15, -0.1) is 0 Å². The molecule has 0 aromatic rings. The molecule has 0 aromatic heterocycles. The maximum Gasteiger partial charge on any atom is 0.332 e. The predicted octanol–water partition coefficient (Wildman–Crippen LogP) is 5.45. The van der Waals surface area contributed by atoms with Crippen molar-refractivity contribution in [3.63, 3.8) is 0 Å². The Bertz CT molecular complexity index is 500. The Kier molecular flexibility index (Phi) is 4.89. The number of rotatable bonds is 5. The molecule has 4 atom stereocenters. The van der Waals surface area contributed by atoms with Crippen molar-refractivity contribution in [2.45, 2.75) is 66.7 Å². The van der Waals surface area contributed by atoms with Crippen LogP contribution in [0, 0.1) is 29.1 Å². The van der Waals surface area contributed by atoms with Crippen LogP contribution >= 0.6 is 0 Å². The molecule has 2 nitrogen and oxygen atoms in total. The Balaban J connectivity index is 2.31. The summed E-state index contributed by atoms with van der Waals surface area (Å²) in [5, 5.41) is 9.81. The minimum absolute atomic E-state index is 0.164. The Labute approximate surface area is 135 Å². The number of hydrogen-bond acceptors (Lipinski definition) is 1. The third kappa shape index (κ3) is 3.02. The third-order valence-corrected chi connectivity index (χ3v) is 6.28. The maximum atomic E-state index is 11.9. The number of carboxylic acids is 1. The molecule has 0 aliphatic heterocycles. The average molecular weight is 304 g/mol. The van der Waals surface area contributed by atoms with Crippen molar-refractivity contribution in [2.24, 2.45) is 29.1 Å². The highest BCUT2D eigenvalue weighted by atomic mass is 16.4. The molecule has 1 N–H and O–H groups in total. The molecule has 2 aliphatic rings. The lowest BCUT2D eigenvalue weighted by Gasteiger charge is -2.34. The minimum Gasteiger partial charge on any atom is -0.478 e. The van der Waals surface area contributed by atoms with Gasteiger partial charge in [0.25, 0.3) is 0 Å². The van der Waals surface area contributed by atoms with Crippen LogP contribution in [0.1, 0.15) is 66.7 Å². The first-order valence-corrected chi connectivity index (χ1v) is 8.79. The SMILES string of the molecule is C=C(C)[C@@H]1CC[C@@H](C)[C@H]1C[C@]1(C)CCC(C(C)C)=C1C(=O)O. The molecule has 0 heterocycles. The van der Waals surface area contributed by atoms with Crippen molar-refractivity contribution < 1.29 is 9.90 Å². The Morgan fingerprint density at radius 3 is 2.55 bits per heavy atom. The molecule has 22 heavy (non-hydrogen) atoms. The van der Waals surface area contributed by atoms with E-state index < -0.39 is 5.97 Å². The van der Waals surface area contributed by atoms with Gasteiger partial charge in [-0.25, -0.2) is 4.79 Å². The molecule has 0 spiro atoms. The van der Waals surface area contributed by atoms with Gasteiger partial charge in [0.05, 0.1) is 0 Å². The molecular weight excluding hydrogens is 272 g/mol. The number of allylic oxidation sites excluding steroid dienone is 2. The zero-order chi connectivity index (χ0) is 16.7. The van der Waals surface area contributed by atoms with Crippen LogP contribution in [-0.2, 0) is 4.79 Å². The van der Waals surface area contributed by atoms with E-state index in [1.54, 1.807) is 0 Å². The number of carboxylic acid groups (broad SMARTS) is 1. The van der Waals surface area contributed by atoms with E-state index in [0.717, 1.165) is 24.8 Å². The lowest BCUT2D eigenvalue weighted by atomic mass is 9.70. The molecule has 0 aromatic carbocycles. The summed E-state index contributed by atoms with van der Waals surface area (Å²) in [7, 11) is 0. The van der Waals surface area contributed by atoms with Crippen molar-refractivity contribution in [3.05, 3.63) is 23.3 Å². The van der Waals surface area contributed by atoms with Crippen LogP contribution in [0.2, 0.25) is 0 Å². The zero-order valence-corrected chi connectivity index (χ0v) is 14.9.